The van der Waals surface area contributed by atoms with Crippen molar-refractivity contribution in [2.75, 3.05) is 19.6 Å². The number of nitrogens with one attached hydrogen (secondary N) is 1. The van der Waals surface area contributed by atoms with Gasteiger partial charge in [-0.3, -0.25) is 9.89 Å². The molecule has 23 heavy (non-hydrogen) atoms. The van der Waals surface area contributed by atoms with Gasteiger partial charge in [0.1, 0.15) is 5.76 Å². The Balaban J connectivity index is 1.59. The SMILES string of the molecule is NC(=NCC(c1ccco1)N1CCCCC1)NC1CCCCC1. The lowest BCUT2D eigenvalue weighted by molar-refractivity contribution is 0.150. The van der Waals surface area contributed by atoms with E-state index >= 15 is 0 Å². The molecule has 3 rings (SSSR count). The van der Waals surface area contributed by atoms with Gasteiger partial charge >= 0.3 is 0 Å². The zero-order valence-electron chi connectivity index (χ0n) is 14.0. The summed E-state index contributed by atoms with van der Waals surface area (Å²) in [5.74, 6) is 1.59. The highest BCUT2D eigenvalue weighted by Gasteiger charge is 2.24. The Morgan fingerprint density at radius 3 is 2.65 bits per heavy atom. The number of piperidine rings is 1. The quantitative estimate of drug-likeness (QED) is 0.647. The molecule has 1 aliphatic carbocycles. The van der Waals surface area contributed by atoms with Gasteiger partial charge in [-0.2, -0.15) is 0 Å². The number of rotatable bonds is 5. The molecule has 2 aliphatic rings. The van der Waals surface area contributed by atoms with Gasteiger partial charge in [0.15, 0.2) is 5.96 Å². The predicted octanol–water partition coefficient (Wildman–Crippen LogP) is 3.04. The second-order valence-electron chi connectivity index (χ2n) is 6.83. The van der Waals surface area contributed by atoms with E-state index in [9.17, 15) is 0 Å². The van der Waals surface area contributed by atoms with Crippen LogP contribution in [0, 0.1) is 0 Å². The van der Waals surface area contributed by atoms with Crippen molar-refractivity contribution in [3.63, 3.8) is 0 Å². The number of furan rings is 1. The summed E-state index contributed by atoms with van der Waals surface area (Å²) in [6, 6.07) is 4.72. The number of likely N-dealkylation sites (tertiary alicyclic amines) is 1. The van der Waals surface area contributed by atoms with Gasteiger partial charge in [0.05, 0.1) is 18.8 Å². The molecular formula is C18H30N4O. The van der Waals surface area contributed by atoms with Crippen LogP contribution in [-0.4, -0.2) is 36.5 Å². The highest BCUT2D eigenvalue weighted by Crippen LogP contribution is 2.25. The molecule has 0 bridgehead atoms. The van der Waals surface area contributed by atoms with E-state index in [0.29, 0.717) is 18.5 Å². The fourth-order valence-corrected chi connectivity index (χ4v) is 3.78. The lowest BCUT2D eigenvalue weighted by Crippen LogP contribution is -2.42. The van der Waals surface area contributed by atoms with Crippen molar-refractivity contribution in [1.82, 2.24) is 10.2 Å². The molecule has 5 nitrogen and oxygen atoms in total. The number of nitrogens with two attached hydrogens (primary N) is 1. The second-order valence-corrected chi connectivity index (χ2v) is 6.83. The lowest BCUT2D eigenvalue weighted by Gasteiger charge is -2.32. The van der Waals surface area contributed by atoms with Crippen LogP contribution in [0.15, 0.2) is 27.8 Å². The van der Waals surface area contributed by atoms with Crippen molar-refractivity contribution in [2.45, 2.75) is 63.5 Å². The molecule has 128 valence electrons. The van der Waals surface area contributed by atoms with Crippen LogP contribution in [0.2, 0.25) is 0 Å². The van der Waals surface area contributed by atoms with E-state index < -0.39 is 0 Å². The standard InChI is InChI=1S/C18H30N4O/c19-18(21-15-8-3-1-4-9-15)20-14-16(17-10-7-13-23-17)22-11-5-2-6-12-22/h7,10,13,15-16H,1-6,8-9,11-12,14H2,(H3,19,20,21). The maximum absolute atomic E-state index is 6.13. The average molecular weight is 318 g/mol. The third kappa shape index (κ3) is 4.74. The van der Waals surface area contributed by atoms with E-state index in [-0.39, 0.29) is 6.04 Å². The first-order chi connectivity index (χ1) is 11.3. The molecule has 0 aromatic carbocycles. The summed E-state index contributed by atoms with van der Waals surface area (Å²) in [5.41, 5.74) is 6.13. The Bertz CT molecular complexity index is 473. The molecule has 1 saturated heterocycles. The molecule has 1 saturated carbocycles. The Hall–Kier alpha value is -1.49. The number of hydrogen-bond acceptors (Lipinski definition) is 3. The lowest BCUT2D eigenvalue weighted by atomic mass is 9.96. The van der Waals surface area contributed by atoms with Gasteiger partial charge in [-0.1, -0.05) is 25.7 Å². The largest absolute Gasteiger partial charge is 0.468 e. The van der Waals surface area contributed by atoms with Crippen molar-refractivity contribution < 1.29 is 4.42 Å². The van der Waals surface area contributed by atoms with Crippen LogP contribution in [0.1, 0.15) is 63.2 Å². The fourth-order valence-electron chi connectivity index (χ4n) is 3.78. The van der Waals surface area contributed by atoms with Crippen LogP contribution in [-0.2, 0) is 0 Å². The van der Waals surface area contributed by atoms with Crippen molar-refractivity contribution in [2.24, 2.45) is 10.7 Å². The molecule has 2 fully saturated rings. The third-order valence-electron chi connectivity index (χ3n) is 5.09. The molecule has 0 spiro atoms. The first-order valence-corrected chi connectivity index (χ1v) is 9.17. The number of guanidine groups is 1. The van der Waals surface area contributed by atoms with E-state index in [1.165, 1.54) is 51.4 Å². The maximum Gasteiger partial charge on any atom is 0.188 e. The van der Waals surface area contributed by atoms with E-state index in [1.54, 1.807) is 6.26 Å². The van der Waals surface area contributed by atoms with Crippen LogP contribution in [0.3, 0.4) is 0 Å². The van der Waals surface area contributed by atoms with Crippen LogP contribution < -0.4 is 11.1 Å². The maximum atomic E-state index is 6.13. The molecule has 0 amide bonds. The summed E-state index contributed by atoms with van der Waals surface area (Å²) >= 11 is 0. The van der Waals surface area contributed by atoms with Crippen molar-refractivity contribution >= 4 is 5.96 Å². The molecule has 5 heteroatoms. The summed E-state index contributed by atoms with van der Waals surface area (Å²) in [5, 5.41) is 3.40. The molecule has 1 aromatic heterocycles. The summed E-state index contributed by atoms with van der Waals surface area (Å²) in [6.45, 7) is 2.91. The number of nitrogens with zero attached hydrogens (tertiary/aromatic N) is 2. The molecule has 0 radical (unpaired) electrons. The van der Waals surface area contributed by atoms with Gasteiger partial charge in [0, 0.05) is 6.04 Å². The van der Waals surface area contributed by atoms with Crippen LogP contribution in [0.5, 0.6) is 0 Å². The Kier molecular flexibility index (Phi) is 5.97. The van der Waals surface area contributed by atoms with E-state index in [2.05, 4.69) is 21.3 Å². The van der Waals surface area contributed by atoms with Crippen LogP contribution >= 0.6 is 0 Å². The monoisotopic (exact) mass is 318 g/mol. The van der Waals surface area contributed by atoms with Crippen molar-refractivity contribution in [3.05, 3.63) is 24.2 Å². The summed E-state index contributed by atoms with van der Waals surface area (Å²) in [4.78, 5) is 7.12. The van der Waals surface area contributed by atoms with Gasteiger partial charge < -0.3 is 15.5 Å². The Morgan fingerprint density at radius 1 is 1.22 bits per heavy atom. The minimum Gasteiger partial charge on any atom is -0.468 e. The van der Waals surface area contributed by atoms with Crippen LogP contribution in [0.4, 0.5) is 0 Å². The topological polar surface area (TPSA) is 66.8 Å². The highest BCUT2D eigenvalue weighted by molar-refractivity contribution is 5.78. The number of aliphatic imine (C=N–C) groups is 1. The summed E-state index contributed by atoms with van der Waals surface area (Å²) < 4.78 is 5.66. The smallest absolute Gasteiger partial charge is 0.188 e. The molecule has 3 N–H and O–H groups in total. The third-order valence-corrected chi connectivity index (χ3v) is 5.09. The molecule has 1 unspecified atom stereocenters. The van der Waals surface area contributed by atoms with Gasteiger partial charge in [0.2, 0.25) is 0 Å². The van der Waals surface area contributed by atoms with E-state index in [1.807, 2.05) is 6.07 Å². The first-order valence-electron chi connectivity index (χ1n) is 9.17. The first kappa shape index (κ1) is 16.4. The van der Waals surface area contributed by atoms with E-state index in [0.717, 1.165) is 18.8 Å². The zero-order chi connectivity index (χ0) is 15.9. The Labute approximate surface area is 139 Å². The molecule has 1 aromatic rings. The fraction of sp³-hybridized carbons (Fsp3) is 0.722. The van der Waals surface area contributed by atoms with Gasteiger partial charge in [-0.15, -0.1) is 0 Å². The van der Waals surface area contributed by atoms with Gasteiger partial charge in [-0.25, -0.2) is 0 Å². The molecular weight excluding hydrogens is 288 g/mol. The Morgan fingerprint density at radius 2 is 1.96 bits per heavy atom. The molecule has 1 atom stereocenters. The molecule has 1 aliphatic heterocycles. The zero-order valence-corrected chi connectivity index (χ0v) is 14.0. The normalized spacial score (nSPS) is 22.9. The highest BCUT2D eigenvalue weighted by atomic mass is 16.3. The second kappa shape index (κ2) is 8.39. The summed E-state index contributed by atoms with van der Waals surface area (Å²) in [6.07, 6.45) is 12.0. The van der Waals surface area contributed by atoms with Gasteiger partial charge in [0.25, 0.3) is 0 Å². The van der Waals surface area contributed by atoms with Crippen molar-refractivity contribution in [3.8, 4) is 0 Å². The predicted molar refractivity (Wildman–Crippen MR) is 93.4 cm³/mol. The van der Waals surface area contributed by atoms with Gasteiger partial charge in [-0.05, 0) is 50.9 Å². The molecule has 2 heterocycles. The summed E-state index contributed by atoms with van der Waals surface area (Å²) in [7, 11) is 0. The van der Waals surface area contributed by atoms with E-state index in [4.69, 9.17) is 10.2 Å². The van der Waals surface area contributed by atoms with Crippen molar-refractivity contribution in [1.29, 1.82) is 0 Å². The minimum atomic E-state index is 0.206. The number of hydrogen-bond donors (Lipinski definition) is 2. The van der Waals surface area contributed by atoms with Crippen LogP contribution in [0.25, 0.3) is 0 Å². The minimum absolute atomic E-state index is 0.206. The average Bonchev–Trinajstić information content (AvgIpc) is 3.11.